The van der Waals surface area contributed by atoms with Gasteiger partial charge in [-0.3, -0.25) is 0 Å². The van der Waals surface area contributed by atoms with E-state index >= 15 is 0 Å². The first-order valence-corrected chi connectivity index (χ1v) is 10.0. The van der Waals surface area contributed by atoms with E-state index in [9.17, 15) is 9.59 Å². The molecule has 0 fully saturated rings. The van der Waals surface area contributed by atoms with E-state index in [1.807, 2.05) is 38.3 Å². The third-order valence-electron chi connectivity index (χ3n) is 4.94. The molecule has 29 heavy (non-hydrogen) atoms. The van der Waals surface area contributed by atoms with Crippen LogP contribution in [-0.2, 0) is 22.3 Å². The molecule has 1 aliphatic carbocycles. The minimum Gasteiger partial charge on any atom is -1.00 e. The molecule has 0 saturated heterocycles. The number of esters is 1. The number of ether oxygens (including phenoxy) is 2. The summed E-state index contributed by atoms with van der Waals surface area (Å²) in [5.74, 6) is -0.338. The first-order chi connectivity index (χ1) is 13.2. The van der Waals surface area contributed by atoms with Gasteiger partial charge in [0, 0.05) is 18.0 Å². The summed E-state index contributed by atoms with van der Waals surface area (Å²) in [5, 5.41) is 3.86. The molecule has 1 amide bonds. The van der Waals surface area contributed by atoms with Gasteiger partial charge in [0.1, 0.15) is 11.3 Å². The number of alkyl carbamates (subject to hydrolysis) is 1. The Kier molecular flexibility index (Phi) is 7.82. The maximum atomic E-state index is 12.6. The molecule has 7 heteroatoms. The smallest absolute Gasteiger partial charge is 1.00 e. The summed E-state index contributed by atoms with van der Waals surface area (Å²) in [6.45, 7) is 9.97. The molecule has 1 N–H and O–H groups in total. The molecule has 2 aromatic rings. The quantitative estimate of drug-likeness (QED) is 0.599. The number of aromatic nitrogens is 1. The van der Waals surface area contributed by atoms with Crippen LogP contribution in [0.15, 0.2) is 18.2 Å². The van der Waals surface area contributed by atoms with Crippen LogP contribution in [0.3, 0.4) is 0 Å². The normalized spacial score (nSPS) is 14.1. The second-order valence-corrected chi connectivity index (χ2v) is 8.35. The van der Waals surface area contributed by atoms with Crippen LogP contribution in [-0.4, -0.2) is 35.4 Å². The largest absolute Gasteiger partial charge is 1.00 e. The van der Waals surface area contributed by atoms with Crippen LogP contribution in [0.2, 0.25) is 0 Å². The summed E-state index contributed by atoms with van der Waals surface area (Å²) >= 11 is 0. The maximum absolute atomic E-state index is 12.6. The second kappa shape index (κ2) is 9.54. The molecule has 0 saturated carbocycles. The van der Waals surface area contributed by atoms with Crippen molar-refractivity contribution in [2.75, 3.05) is 13.2 Å². The summed E-state index contributed by atoms with van der Waals surface area (Å²) in [7, 11) is 0. The van der Waals surface area contributed by atoms with Gasteiger partial charge in [0.25, 0.3) is 0 Å². The van der Waals surface area contributed by atoms with Gasteiger partial charge in [0.05, 0.1) is 12.1 Å². The molecule has 1 aliphatic rings. The zero-order valence-electron chi connectivity index (χ0n) is 19.4. The second-order valence-electron chi connectivity index (χ2n) is 8.35. The van der Waals surface area contributed by atoms with E-state index in [0.717, 1.165) is 30.2 Å². The Balaban J connectivity index is 0.00000225. The summed E-state index contributed by atoms with van der Waals surface area (Å²) in [6.07, 6.45) is 2.73. The average Bonchev–Trinajstić information content (AvgIpc) is 3.21. The number of nitrogens with zero attached hydrogens (tertiary/aromatic N) is 1. The molecular formula is C22H31N2NaO4. The number of hydrogen-bond donors (Lipinski definition) is 1. The fourth-order valence-corrected chi connectivity index (χ4v) is 3.86. The number of benzene rings is 1. The predicted octanol–water partition coefficient (Wildman–Crippen LogP) is 1.51. The van der Waals surface area contributed by atoms with E-state index in [4.69, 9.17) is 9.47 Å². The van der Waals surface area contributed by atoms with Crippen molar-refractivity contribution >= 4 is 23.0 Å². The van der Waals surface area contributed by atoms with Gasteiger partial charge >= 0.3 is 41.6 Å². The fourth-order valence-electron chi connectivity index (χ4n) is 3.86. The Bertz CT molecular complexity index is 905. The molecule has 0 bridgehead atoms. The Labute approximate surface area is 196 Å². The van der Waals surface area contributed by atoms with Crippen LogP contribution in [0.25, 0.3) is 10.9 Å². The van der Waals surface area contributed by atoms with Gasteiger partial charge in [-0.25, -0.2) is 9.59 Å². The van der Waals surface area contributed by atoms with Gasteiger partial charge in [0.15, 0.2) is 0 Å². The van der Waals surface area contributed by atoms with Crippen LogP contribution in [0.5, 0.6) is 0 Å². The van der Waals surface area contributed by atoms with Crippen LogP contribution < -0.4 is 34.9 Å². The van der Waals surface area contributed by atoms with Crippen molar-refractivity contribution in [3.05, 3.63) is 35.0 Å². The SMILES string of the molecule is CCOC(=O)c1cc2ccc3c(c2n1C(C)CNC(=O)OC(C)(C)C)CCC3.[H-].[Na+]. The van der Waals surface area contributed by atoms with Crippen molar-refractivity contribution in [1.29, 1.82) is 0 Å². The van der Waals surface area contributed by atoms with Crippen LogP contribution in [0.4, 0.5) is 4.79 Å². The van der Waals surface area contributed by atoms with Crippen LogP contribution in [0.1, 0.15) is 70.1 Å². The number of carbonyl (C=O) groups excluding carboxylic acids is 2. The molecule has 0 spiro atoms. The van der Waals surface area contributed by atoms with E-state index in [1.54, 1.807) is 6.92 Å². The molecule has 6 nitrogen and oxygen atoms in total. The standard InChI is InChI=1S/C22H30N2O4.Na.H/c1-6-27-20(25)18-12-16-11-10-15-8-7-9-17(15)19(16)24(18)14(2)13-23-21(26)28-22(3,4)5;;/h10-12,14H,6-9,13H2,1-5H3,(H,23,26);;/q;+1;-1. The van der Waals surface area contributed by atoms with Gasteiger partial charge in [-0.1, -0.05) is 12.1 Å². The molecule has 1 aromatic heterocycles. The van der Waals surface area contributed by atoms with Gasteiger partial charge in [-0.05, 0) is 71.1 Å². The Hall–Kier alpha value is -1.50. The number of aryl methyl sites for hydroxylation is 2. The zero-order chi connectivity index (χ0) is 20.5. The number of rotatable bonds is 5. The summed E-state index contributed by atoms with van der Waals surface area (Å²) < 4.78 is 12.6. The number of nitrogens with one attached hydrogen (secondary N) is 1. The minimum atomic E-state index is -0.551. The molecule has 1 aromatic carbocycles. The fraction of sp³-hybridized carbons (Fsp3) is 0.545. The number of hydrogen-bond acceptors (Lipinski definition) is 4. The van der Waals surface area contributed by atoms with E-state index in [1.165, 1.54) is 11.1 Å². The molecule has 0 aliphatic heterocycles. The van der Waals surface area contributed by atoms with Crippen molar-refractivity contribution in [3.8, 4) is 0 Å². The van der Waals surface area contributed by atoms with Crippen molar-refractivity contribution < 1.29 is 50.0 Å². The van der Waals surface area contributed by atoms with Crippen molar-refractivity contribution in [2.24, 2.45) is 0 Å². The molecule has 1 heterocycles. The van der Waals surface area contributed by atoms with Crippen molar-refractivity contribution in [3.63, 3.8) is 0 Å². The number of amides is 1. The first kappa shape index (κ1) is 23.8. The summed E-state index contributed by atoms with van der Waals surface area (Å²) in [4.78, 5) is 24.7. The first-order valence-electron chi connectivity index (χ1n) is 10.0. The van der Waals surface area contributed by atoms with Crippen LogP contribution >= 0.6 is 0 Å². The molecule has 1 unspecified atom stereocenters. The summed E-state index contributed by atoms with van der Waals surface area (Å²) in [6, 6.07) is 6.01. The van der Waals surface area contributed by atoms with Crippen molar-refractivity contribution in [2.45, 2.75) is 65.5 Å². The van der Waals surface area contributed by atoms with E-state index in [-0.39, 0.29) is 43.0 Å². The van der Waals surface area contributed by atoms with Gasteiger partial charge in [-0.15, -0.1) is 0 Å². The topological polar surface area (TPSA) is 69.6 Å². The Morgan fingerprint density at radius 3 is 2.66 bits per heavy atom. The molecular weight excluding hydrogens is 379 g/mol. The minimum absolute atomic E-state index is 0. The average molecular weight is 410 g/mol. The van der Waals surface area contributed by atoms with E-state index in [2.05, 4.69) is 17.4 Å². The third-order valence-corrected chi connectivity index (χ3v) is 4.94. The van der Waals surface area contributed by atoms with Crippen LogP contribution in [0, 0.1) is 0 Å². The molecule has 0 radical (unpaired) electrons. The number of carbonyl (C=O) groups is 2. The van der Waals surface area contributed by atoms with Gasteiger partial charge in [-0.2, -0.15) is 0 Å². The third kappa shape index (κ3) is 5.36. The number of fused-ring (bicyclic) bond motifs is 3. The zero-order valence-corrected chi connectivity index (χ0v) is 20.4. The van der Waals surface area contributed by atoms with Gasteiger partial charge in [0.2, 0.25) is 0 Å². The summed E-state index contributed by atoms with van der Waals surface area (Å²) in [5.41, 5.74) is 3.70. The molecule has 1 atom stereocenters. The molecule has 154 valence electrons. The van der Waals surface area contributed by atoms with E-state index in [0.29, 0.717) is 18.8 Å². The predicted molar refractivity (Wildman–Crippen MR) is 110 cm³/mol. The molecule has 3 rings (SSSR count). The van der Waals surface area contributed by atoms with Crippen molar-refractivity contribution in [1.82, 2.24) is 9.88 Å². The van der Waals surface area contributed by atoms with Gasteiger partial charge < -0.3 is 20.8 Å². The Morgan fingerprint density at radius 1 is 1.28 bits per heavy atom. The monoisotopic (exact) mass is 410 g/mol. The Morgan fingerprint density at radius 2 is 2.00 bits per heavy atom. The van der Waals surface area contributed by atoms with E-state index < -0.39 is 11.7 Å². The maximum Gasteiger partial charge on any atom is 1.00 e.